The molecule has 1 unspecified atom stereocenters. The highest BCUT2D eigenvalue weighted by Gasteiger charge is 2.42. The van der Waals surface area contributed by atoms with Crippen LogP contribution in [0.3, 0.4) is 0 Å². The number of nitrogens with one attached hydrogen (secondary N) is 1. The van der Waals surface area contributed by atoms with Gasteiger partial charge in [0.2, 0.25) is 0 Å². The highest BCUT2D eigenvalue weighted by Crippen LogP contribution is 2.38. The molecule has 16 heteroatoms. The maximum Gasteiger partial charge on any atom is 0.260 e. The Morgan fingerprint density at radius 3 is 2.11 bits per heavy atom. The molecule has 1 fully saturated rings. The number of rotatable bonds is 13. The average molecular weight is 785 g/mol. The lowest BCUT2D eigenvalue weighted by molar-refractivity contribution is -0.0652. The molecule has 0 saturated carbocycles. The number of sulfonamides is 1. The summed E-state index contributed by atoms with van der Waals surface area (Å²) in [5.41, 5.74) is 1.55. The van der Waals surface area contributed by atoms with Gasteiger partial charge in [0.05, 0.1) is 44.5 Å². The zero-order valence-electron chi connectivity index (χ0n) is 30.2. The minimum absolute atomic E-state index is 0.0307. The van der Waals surface area contributed by atoms with E-state index in [1.807, 2.05) is 0 Å². The number of carbonyl (C=O) groups is 1. The molecule has 0 radical (unpaired) electrons. The van der Waals surface area contributed by atoms with Crippen molar-refractivity contribution in [3.05, 3.63) is 95.3 Å². The molecule has 1 saturated heterocycles. The summed E-state index contributed by atoms with van der Waals surface area (Å²) >= 11 is 0.835. The van der Waals surface area contributed by atoms with Gasteiger partial charge < -0.3 is 29.2 Å². The van der Waals surface area contributed by atoms with Gasteiger partial charge in [-0.15, -0.1) is 11.3 Å². The SMILES string of the molecule is COc1ccc(CN(Cc2ccc(OC)cc2OC)S(=O)(=O)c2ccc(NC(=O)c3cc4cc(F)ccc4nc3N3CCC(F)(F)C(C)C3)s2)c(OC)c1. The van der Waals surface area contributed by atoms with E-state index >= 15 is 0 Å². The molecule has 1 amide bonds. The van der Waals surface area contributed by atoms with Gasteiger partial charge in [-0.3, -0.25) is 4.79 Å². The number of thiophene rings is 1. The van der Waals surface area contributed by atoms with Crippen LogP contribution in [-0.4, -0.2) is 71.1 Å². The molecule has 0 aliphatic carbocycles. The zero-order valence-corrected chi connectivity index (χ0v) is 31.8. The fraction of sp³-hybridized carbons (Fsp3) is 0.316. The third-order valence-corrected chi connectivity index (χ3v) is 12.6. The summed E-state index contributed by atoms with van der Waals surface area (Å²) in [7, 11) is 1.74. The molecule has 1 atom stereocenters. The van der Waals surface area contributed by atoms with E-state index < -0.39 is 40.0 Å². The number of benzene rings is 3. The lowest BCUT2D eigenvalue weighted by Gasteiger charge is -2.38. The van der Waals surface area contributed by atoms with Crippen LogP contribution in [0.4, 0.5) is 24.0 Å². The number of nitrogens with zero attached hydrogens (tertiary/aromatic N) is 3. The first-order valence-electron chi connectivity index (χ1n) is 16.8. The summed E-state index contributed by atoms with van der Waals surface area (Å²) in [5, 5.41) is 3.30. The number of pyridine rings is 1. The van der Waals surface area contributed by atoms with Crippen molar-refractivity contribution in [2.75, 3.05) is 51.7 Å². The van der Waals surface area contributed by atoms with Crippen LogP contribution in [0.2, 0.25) is 0 Å². The highest BCUT2D eigenvalue weighted by molar-refractivity contribution is 7.91. The number of halogens is 3. The Bertz CT molecular complexity index is 2230. The van der Waals surface area contributed by atoms with Gasteiger partial charge in [-0.1, -0.05) is 19.1 Å². The van der Waals surface area contributed by atoms with E-state index in [1.54, 1.807) is 41.3 Å². The van der Waals surface area contributed by atoms with Crippen LogP contribution in [0.5, 0.6) is 23.0 Å². The molecular weight excluding hydrogens is 746 g/mol. The van der Waals surface area contributed by atoms with Crippen molar-refractivity contribution in [1.82, 2.24) is 9.29 Å². The minimum Gasteiger partial charge on any atom is -0.497 e. The summed E-state index contributed by atoms with van der Waals surface area (Å²) in [6.07, 6.45) is -0.425. The van der Waals surface area contributed by atoms with Crippen LogP contribution >= 0.6 is 11.3 Å². The lowest BCUT2D eigenvalue weighted by atomic mass is 9.95. The fourth-order valence-corrected chi connectivity index (χ4v) is 8.98. The number of fused-ring (bicyclic) bond motifs is 1. The van der Waals surface area contributed by atoms with Crippen LogP contribution < -0.4 is 29.2 Å². The summed E-state index contributed by atoms with van der Waals surface area (Å²) < 4.78 is 95.0. The number of carbonyl (C=O) groups excluding carboxylic acids is 1. The first-order valence-corrected chi connectivity index (χ1v) is 19.1. The molecule has 3 heterocycles. The van der Waals surface area contributed by atoms with Gasteiger partial charge in [-0.05, 0) is 48.5 Å². The van der Waals surface area contributed by atoms with Crippen LogP contribution in [0, 0.1) is 11.7 Å². The van der Waals surface area contributed by atoms with Gasteiger partial charge in [0, 0.05) is 67.2 Å². The summed E-state index contributed by atoms with van der Waals surface area (Å²) in [4.78, 5) is 20.1. The molecular formula is C38H39F3N4O7S2. The fourth-order valence-electron chi connectivity index (χ4n) is 6.23. The number of alkyl halides is 2. The van der Waals surface area contributed by atoms with E-state index in [-0.39, 0.29) is 46.8 Å². The van der Waals surface area contributed by atoms with Crippen molar-refractivity contribution in [1.29, 1.82) is 0 Å². The number of aromatic nitrogens is 1. The highest BCUT2D eigenvalue weighted by atomic mass is 32.2. The number of amides is 1. The second kappa shape index (κ2) is 15.7. The quantitative estimate of drug-likeness (QED) is 0.129. The molecule has 0 spiro atoms. The number of anilines is 2. The number of hydrogen-bond acceptors (Lipinski definition) is 10. The molecule has 1 aliphatic rings. The average Bonchev–Trinajstić information content (AvgIpc) is 3.64. The number of piperidine rings is 1. The Hall–Kier alpha value is -5.06. The molecule has 6 rings (SSSR count). The smallest absolute Gasteiger partial charge is 0.260 e. The van der Waals surface area contributed by atoms with Crippen LogP contribution in [0.25, 0.3) is 10.9 Å². The molecule has 54 heavy (non-hydrogen) atoms. The maximum atomic E-state index is 14.5. The normalized spacial score (nSPS) is 15.6. The van der Waals surface area contributed by atoms with Crippen molar-refractivity contribution in [3.8, 4) is 23.0 Å². The lowest BCUT2D eigenvalue weighted by Crippen LogP contribution is -2.46. The summed E-state index contributed by atoms with van der Waals surface area (Å²) in [6, 6.07) is 18.4. The topological polar surface area (TPSA) is 120 Å². The molecule has 1 aliphatic heterocycles. The second-order valence-electron chi connectivity index (χ2n) is 12.8. The standard InChI is InChI=1S/C38H39F3N4O7S2/c1-23-20-44(15-14-38(23,40)41)36-30(17-26-16-27(39)8-11-31(26)42-36)37(46)43-34-12-13-35(53-34)54(47,48)45(21-24-6-9-28(49-2)18-32(24)51-4)22-25-7-10-29(50-3)19-33(25)52-5/h6-13,16-19,23H,14-15,20-22H2,1-5H3,(H,43,46). The third-order valence-electron chi connectivity index (χ3n) is 9.33. The predicted molar refractivity (Wildman–Crippen MR) is 200 cm³/mol. The van der Waals surface area contributed by atoms with Gasteiger partial charge in [0.25, 0.3) is 21.9 Å². The van der Waals surface area contributed by atoms with Gasteiger partial charge in [0.1, 0.15) is 38.8 Å². The molecule has 5 aromatic rings. The first kappa shape index (κ1) is 38.7. The maximum absolute atomic E-state index is 14.5. The van der Waals surface area contributed by atoms with E-state index in [4.69, 9.17) is 18.9 Å². The number of ether oxygens (including phenoxy) is 4. The van der Waals surface area contributed by atoms with Gasteiger partial charge >= 0.3 is 0 Å². The largest absolute Gasteiger partial charge is 0.497 e. The molecule has 2 aromatic heterocycles. The number of hydrogen-bond donors (Lipinski definition) is 1. The van der Waals surface area contributed by atoms with Crippen molar-refractivity contribution in [2.45, 2.75) is 36.6 Å². The molecule has 0 bridgehead atoms. The third kappa shape index (κ3) is 8.05. The van der Waals surface area contributed by atoms with E-state index in [0.717, 1.165) is 11.3 Å². The Kier molecular flexibility index (Phi) is 11.3. The number of methoxy groups -OCH3 is 4. The summed E-state index contributed by atoms with van der Waals surface area (Å²) in [5.74, 6) is -3.00. The molecule has 3 aromatic carbocycles. The molecule has 1 N–H and O–H groups in total. The van der Waals surface area contributed by atoms with Crippen LogP contribution in [-0.2, 0) is 23.1 Å². The Labute approximate surface area is 315 Å². The Morgan fingerprint density at radius 2 is 1.54 bits per heavy atom. The van der Waals surface area contributed by atoms with E-state index in [2.05, 4.69) is 10.3 Å². The van der Waals surface area contributed by atoms with E-state index in [9.17, 15) is 26.4 Å². The second-order valence-corrected chi connectivity index (χ2v) is 16.0. The van der Waals surface area contributed by atoms with E-state index in [1.165, 1.54) is 76.1 Å². The van der Waals surface area contributed by atoms with Crippen LogP contribution in [0.1, 0.15) is 34.8 Å². The van der Waals surface area contributed by atoms with Gasteiger partial charge in [-0.2, -0.15) is 4.31 Å². The minimum atomic E-state index is -4.24. The van der Waals surface area contributed by atoms with Crippen molar-refractivity contribution >= 4 is 49.0 Å². The van der Waals surface area contributed by atoms with Crippen LogP contribution in [0.15, 0.2) is 77.0 Å². The van der Waals surface area contributed by atoms with Gasteiger partial charge in [0.15, 0.2) is 0 Å². The summed E-state index contributed by atoms with van der Waals surface area (Å²) in [6.45, 7) is 1.14. The molecule has 286 valence electrons. The monoisotopic (exact) mass is 784 g/mol. The zero-order chi connectivity index (χ0) is 38.8. The van der Waals surface area contributed by atoms with Gasteiger partial charge in [-0.25, -0.2) is 26.6 Å². The molecule has 11 nitrogen and oxygen atoms in total. The predicted octanol–water partition coefficient (Wildman–Crippen LogP) is 7.59. The van der Waals surface area contributed by atoms with Crippen molar-refractivity contribution in [3.63, 3.8) is 0 Å². The van der Waals surface area contributed by atoms with Crippen molar-refractivity contribution in [2.24, 2.45) is 5.92 Å². The first-order chi connectivity index (χ1) is 25.8. The Morgan fingerprint density at radius 1 is 0.907 bits per heavy atom. The van der Waals surface area contributed by atoms with Crippen molar-refractivity contribution < 1.29 is 45.3 Å². The van der Waals surface area contributed by atoms with E-state index in [0.29, 0.717) is 45.0 Å². The Balaban J connectivity index is 1.33.